The van der Waals surface area contributed by atoms with Crippen LogP contribution in [-0.2, 0) is 0 Å². The molecule has 21 heavy (non-hydrogen) atoms. The molecule has 1 aromatic heterocycles. The molecule has 0 saturated carbocycles. The minimum absolute atomic E-state index is 0.0606. The van der Waals surface area contributed by atoms with Crippen molar-refractivity contribution < 1.29 is 9.66 Å². The van der Waals surface area contributed by atoms with Crippen LogP contribution in [0.25, 0.3) is 10.2 Å². The van der Waals surface area contributed by atoms with Gasteiger partial charge in [0.25, 0.3) is 5.69 Å². The molecule has 0 atom stereocenters. The Bertz CT molecular complexity index is 842. The van der Waals surface area contributed by atoms with E-state index in [4.69, 9.17) is 4.74 Å². The van der Waals surface area contributed by atoms with Crippen LogP contribution in [0, 0.1) is 24.0 Å². The second-order valence-corrected chi connectivity index (χ2v) is 5.91. The topological polar surface area (TPSA) is 65.3 Å². The van der Waals surface area contributed by atoms with E-state index in [1.807, 2.05) is 25.1 Å². The Balaban J connectivity index is 1.92. The van der Waals surface area contributed by atoms with E-state index in [0.29, 0.717) is 11.5 Å². The van der Waals surface area contributed by atoms with Gasteiger partial charge in [-0.25, -0.2) is 4.98 Å². The Kier molecular flexibility index (Phi) is 3.31. The summed E-state index contributed by atoms with van der Waals surface area (Å²) in [6.07, 6.45) is 0. The lowest BCUT2D eigenvalue weighted by Crippen LogP contribution is -1.91. The molecule has 0 spiro atoms. The maximum Gasteiger partial charge on any atom is 0.269 e. The number of hydrogen-bond donors (Lipinski definition) is 0. The molecule has 0 aliphatic rings. The third-order valence-corrected chi connectivity index (χ3v) is 4.01. The normalized spacial score (nSPS) is 10.8. The van der Waals surface area contributed by atoms with Gasteiger partial charge in [-0.2, -0.15) is 0 Å². The molecule has 0 amide bonds. The maximum absolute atomic E-state index is 10.7. The Labute approximate surface area is 125 Å². The Hall–Kier alpha value is -2.47. The van der Waals surface area contributed by atoms with Crippen LogP contribution < -0.4 is 4.74 Å². The van der Waals surface area contributed by atoms with Crippen molar-refractivity contribution >= 4 is 27.2 Å². The van der Waals surface area contributed by atoms with Crippen molar-refractivity contribution in [1.29, 1.82) is 0 Å². The highest BCUT2D eigenvalue weighted by molar-refractivity contribution is 7.18. The molecule has 2 aromatic carbocycles. The summed E-state index contributed by atoms with van der Waals surface area (Å²) in [5.74, 6) is 1.27. The average molecular weight is 300 g/mol. The van der Waals surface area contributed by atoms with Crippen LogP contribution in [0.1, 0.15) is 10.6 Å². The largest absolute Gasteiger partial charge is 0.457 e. The molecule has 0 saturated heterocycles. The summed E-state index contributed by atoms with van der Waals surface area (Å²) in [4.78, 5) is 14.7. The van der Waals surface area contributed by atoms with E-state index < -0.39 is 4.92 Å². The SMILES string of the molecule is Cc1nc2cc(Oc3ccc([N+](=O)[O-])cc3C)ccc2s1. The van der Waals surface area contributed by atoms with Crippen molar-refractivity contribution in [3.63, 3.8) is 0 Å². The molecule has 5 nitrogen and oxygen atoms in total. The quantitative estimate of drug-likeness (QED) is 0.523. The molecule has 1 heterocycles. The van der Waals surface area contributed by atoms with Gasteiger partial charge >= 0.3 is 0 Å². The first kappa shape index (κ1) is 13.5. The van der Waals surface area contributed by atoms with E-state index in [2.05, 4.69) is 4.98 Å². The zero-order valence-electron chi connectivity index (χ0n) is 11.5. The number of aromatic nitrogens is 1. The molecule has 0 unspecified atom stereocenters. The van der Waals surface area contributed by atoms with E-state index in [1.54, 1.807) is 24.3 Å². The van der Waals surface area contributed by atoms with Crippen LogP contribution in [0.4, 0.5) is 5.69 Å². The third kappa shape index (κ3) is 2.71. The molecule has 0 bridgehead atoms. The predicted octanol–water partition coefficient (Wildman–Crippen LogP) is 4.61. The van der Waals surface area contributed by atoms with Gasteiger partial charge in [0.2, 0.25) is 0 Å². The minimum atomic E-state index is -0.416. The summed E-state index contributed by atoms with van der Waals surface area (Å²) in [6.45, 7) is 3.75. The lowest BCUT2D eigenvalue weighted by molar-refractivity contribution is -0.384. The molecule has 3 rings (SSSR count). The van der Waals surface area contributed by atoms with Crippen LogP contribution in [0.5, 0.6) is 11.5 Å². The number of rotatable bonds is 3. The summed E-state index contributed by atoms with van der Waals surface area (Å²) in [7, 11) is 0. The van der Waals surface area contributed by atoms with Gasteiger partial charge in [0.1, 0.15) is 11.5 Å². The monoisotopic (exact) mass is 300 g/mol. The molecule has 0 radical (unpaired) electrons. The molecule has 0 aliphatic heterocycles. The summed E-state index contributed by atoms with van der Waals surface area (Å²) >= 11 is 1.63. The Morgan fingerprint density at radius 3 is 2.71 bits per heavy atom. The Morgan fingerprint density at radius 1 is 1.19 bits per heavy atom. The summed E-state index contributed by atoms with van der Waals surface area (Å²) in [5.41, 5.74) is 1.68. The molecular formula is C15H12N2O3S. The number of benzene rings is 2. The summed E-state index contributed by atoms with van der Waals surface area (Å²) in [6, 6.07) is 10.3. The van der Waals surface area contributed by atoms with Crippen LogP contribution in [-0.4, -0.2) is 9.91 Å². The number of nitro groups is 1. The molecule has 0 aliphatic carbocycles. The molecule has 0 fully saturated rings. The van der Waals surface area contributed by atoms with Crippen molar-refractivity contribution in [1.82, 2.24) is 4.98 Å². The van der Waals surface area contributed by atoms with Crippen molar-refractivity contribution in [3.05, 3.63) is 57.1 Å². The zero-order chi connectivity index (χ0) is 15.0. The number of nitro benzene ring substituents is 1. The number of non-ortho nitro benzene ring substituents is 1. The van der Waals surface area contributed by atoms with Gasteiger partial charge in [0, 0.05) is 18.2 Å². The number of ether oxygens (including phenoxy) is 1. The van der Waals surface area contributed by atoms with Crippen molar-refractivity contribution in [2.75, 3.05) is 0 Å². The summed E-state index contributed by atoms with van der Waals surface area (Å²) in [5, 5.41) is 11.7. The van der Waals surface area contributed by atoms with Crippen LogP contribution >= 0.6 is 11.3 Å². The van der Waals surface area contributed by atoms with Gasteiger partial charge in [-0.05, 0) is 37.6 Å². The van der Waals surface area contributed by atoms with Crippen LogP contribution in [0.3, 0.4) is 0 Å². The van der Waals surface area contributed by atoms with E-state index in [1.165, 1.54) is 12.1 Å². The first-order valence-electron chi connectivity index (χ1n) is 6.33. The molecule has 3 aromatic rings. The second-order valence-electron chi connectivity index (χ2n) is 4.67. The van der Waals surface area contributed by atoms with E-state index >= 15 is 0 Å². The fourth-order valence-corrected chi connectivity index (χ4v) is 2.88. The number of nitrogens with zero attached hydrogens (tertiary/aromatic N) is 2. The molecule has 106 valence electrons. The lowest BCUT2D eigenvalue weighted by atomic mass is 10.2. The minimum Gasteiger partial charge on any atom is -0.457 e. The first-order chi connectivity index (χ1) is 10.0. The van der Waals surface area contributed by atoms with Crippen molar-refractivity contribution in [3.8, 4) is 11.5 Å². The highest BCUT2D eigenvalue weighted by Gasteiger charge is 2.10. The zero-order valence-corrected chi connectivity index (χ0v) is 12.3. The smallest absolute Gasteiger partial charge is 0.269 e. The number of hydrogen-bond acceptors (Lipinski definition) is 5. The number of fused-ring (bicyclic) bond motifs is 1. The average Bonchev–Trinajstić information content (AvgIpc) is 2.80. The summed E-state index contributed by atoms with van der Waals surface area (Å²) < 4.78 is 6.91. The number of aryl methyl sites for hydroxylation is 2. The molecule has 6 heteroatoms. The van der Waals surface area contributed by atoms with Crippen molar-refractivity contribution in [2.24, 2.45) is 0 Å². The van der Waals surface area contributed by atoms with Gasteiger partial charge in [-0.3, -0.25) is 10.1 Å². The lowest BCUT2D eigenvalue weighted by Gasteiger charge is -2.08. The van der Waals surface area contributed by atoms with Gasteiger partial charge in [0.15, 0.2) is 0 Å². The van der Waals surface area contributed by atoms with E-state index in [-0.39, 0.29) is 5.69 Å². The van der Waals surface area contributed by atoms with Gasteiger partial charge < -0.3 is 4.74 Å². The van der Waals surface area contributed by atoms with Crippen molar-refractivity contribution in [2.45, 2.75) is 13.8 Å². The fourth-order valence-electron chi connectivity index (χ4n) is 2.07. The van der Waals surface area contributed by atoms with Crippen LogP contribution in [0.2, 0.25) is 0 Å². The van der Waals surface area contributed by atoms with E-state index in [9.17, 15) is 10.1 Å². The molecular weight excluding hydrogens is 288 g/mol. The third-order valence-electron chi connectivity index (χ3n) is 3.06. The predicted molar refractivity (Wildman–Crippen MR) is 82.3 cm³/mol. The first-order valence-corrected chi connectivity index (χ1v) is 7.15. The van der Waals surface area contributed by atoms with Gasteiger partial charge in [-0.1, -0.05) is 0 Å². The second kappa shape index (κ2) is 5.14. The standard InChI is InChI=1S/C15H12N2O3S/c1-9-7-11(17(18)19)3-5-14(9)20-12-4-6-15-13(8-12)16-10(2)21-15/h3-8H,1-2H3. The highest BCUT2D eigenvalue weighted by Crippen LogP contribution is 2.31. The molecule has 0 N–H and O–H groups in total. The van der Waals surface area contributed by atoms with Gasteiger partial charge in [-0.15, -0.1) is 11.3 Å². The van der Waals surface area contributed by atoms with Gasteiger partial charge in [0.05, 0.1) is 20.1 Å². The Morgan fingerprint density at radius 2 is 2.00 bits per heavy atom. The fraction of sp³-hybridized carbons (Fsp3) is 0.133. The number of thiazole rings is 1. The van der Waals surface area contributed by atoms with E-state index in [0.717, 1.165) is 20.8 Å². The maximum atomic E-state index is 10.7. The van der Waals surface area contributed by atoms with Crippen LogP contribution in [0.15, 0.2) is 36.4 Å². The highest BCUT2D eigenvalue weighted by atomic mass is 32.1.